The van der Waals surface area contributed by atoms with Gasteiger partial charge in [0, 0.05) is 13.6 Å². The molecule has 0 spiro atoms. The lowest BCUT2D eigenvalue weighted by molar-refractivity contribution is 0.409. The fourth-order valence-corrected chi connectivity index (χ4v) is 3.61. The molecule has 0 saturated heterocycles. The van der Waals surface area contributed by atoms with Crippen LogP contribution < -0.4 is 4.74 Å². The second kappa shape index (κ2) is 6.62. The molecule has 0 amide bonds. The third-order valence-electron chi connectivity index (χ3n) is 3.02. The number of hydrogen-bond donors (Lipinski definition) is 0. The van der Waals surface area contributed by atoms with Crippen molar-refractivity contribution in [3.63, 3.8) is 0 Å². The fourth-order valence-electron chi connectivity index (χ4n) is 1.92. The van der Waals surface area contributed by atoms with Gasteiger partial charge in [-0.1, -0.05) is 22.0 Å². The van der Waals surface area contributed by atoms with Gasteiger partial charge in [0.2, 0.25) is 0 Å². The lowest BCUT2D eigenvalue weighted by Crippen LogP contribution is -2.01. The molecule has 1 atom stereocenters. The zero-order valence-electron chi connectivity index (χ0n) is 10.9. The molecular weight excluding hydrogens is 457 g/mol. The van der Waals surface area contributed by atoms with E-state index in [2.05, 4.69) is 38.5 Å². The monoisotopic (exact) mass is 468 g/mol. The molecule has 0 aliphatic heterocycles. The van der Waals surface area contributed by atoms with Crippen LogP contribution in [0.3, 0.4) is 0 Å². The Morgan fingerprint density at radius 3 is 2.55 bits per heavy atom. The molecule has 20 heavy (non-hydrogen) atoms. The minimum Gasteiger partial charge on any atom is -0.496 e. The fraction of sp³-hybridized carbons (Fsp3) is 0.200. The topological polar surface area (TPSA) is 9.23 Å². The molecule has 0 saturated carbocycles. The van der Waals surface area contributed by atoms with E-state index in [1.807, 2.05) is 19.1 Å². The highest BCUT2D eigenvalue weighted by Crippen LogP contribution is 2.39. The first-order valence-corrected chi connectivity index (χ1v) is 8.18. The van der Waals surface area contributed by atoms with Crippen LogP contribution in [0.5, 0.6) is 5.75 Å². The maximum Gasteiger partial charge on any atom is 0.124 e. The van der Waals surface area contributed by atoms with Gasteiger partial charge in [-0.15, -0.1) is 11.6 Å². The van der Waals surface area contributed by atoms with Crippen molar-refractivity contribution in [2.45, 2.75) is 12.3 Å². The molecule has 1 unspecified atom stereocenters. The first-order chi connectivity index (χ1) is 9.43. The Hall–Kier alpha value is -0.330. The van der Waals surface area contributed by atoms with E-state index in [1.54, 1.807) is 13.2 Å². The number of ether oxygens (including phenoxy) is 1. The summed E-state index contributed by atoms with van der Waals surface area (Å²) in [5.41, 5.74) is 2.79. The van der Waals surface area contributed by atoms with Crippen LogP contribution in [0.4, 0.5) is 4.39 Å². The summed E-state index contributed by atoms with van der Waals surface area (Å²) >= 11 is 12.2. The zero-order valence-corrected chi connectivity index (χ0v) is 15.4. The van der Waals surface area contributed by atoms with Crippen LogP contribution in [0.2, 0.25) is 0 Å². The van der Waals surface area contributed by atoms with Gasteiger partial charge in [0.25, 0.3) is 0 Å². The minimum atomic E-state index is -0.394. The van der Waals surface area contributed by atoms with Gasteiger partial charge < -0.3 is 4.74 Å². The number of aryl methyl sites for hydroxylation is 1. The van der Waals surface area contributed by atoms with Crippen LogP contribution in [0.25, 0.3) is 0 Å². The summed E-state index contributed by atoms with van der Waals surface area (Å²) < 4.78 is 20.4. The number of halogens is 4. The number of rotatable bonds is 3. The first kappa shape index (κ1) is 16.0. The van der Waals surface area contributed by atoms with Crippen molar-refractivity contribution in [3.05, 3.63) is 60.9 Å². The van der Waals surface area contributed by atoms with Crippen LogP contribution in [-0.2, 0) is 0 Å². The molecule has 0 aromatic heterocycles. The molecule has 0 N–H and O–H groups in total. The standard InChI is InChI=1S/C15H12BrClFIO/c1-8-5-14(20-2)11(7-12(8)16)15(17)10-4-3-9(18)6-13(10)19/h3-7,15H,1-2H3. The van der Waals surface area contributed by atoms with E-state index in [4.69, 9.17) is 16.3 Å². The molecule has 0 radical (unpaired) electrons. The Labute approximate surface area is 144 Å². The van der Waals surface area contributed by atoms with Gasteiger partial charge in [0.15, 0.2) is 0 Å². The summed E-state index contributed by atoms with van der Waals surface area (Å²) in [5.74, 6) is 0.463. The lowest BCUT2D eigenvalue weighted by Gasteiger charge is -2.17. The van der Waals surface area contributed by atoms with Crippen LogP contribution in [0.15, 0.2) is 34.8 Å². The second-order valence-corrected chi connectivity index (χ2v) is 6.82. The third kappa shape index (κ3) is 3.28. The Balaban J connectivity index is 2.52. The highest BCUT2D eigenvalue weighted by Gasteiger charge is 2.19. The van der Waals surface area contributed by atoms with Crippen molar-refractivity contribution < 1.29 is 9.13 Å². The van der Waals surface area contributed by atoms with Gasteiger partial charge in [-0.25, -0.2) is 4.39 Å². The van der Waals surface area contributed by atoms with Crippen molar-refractivity contribution in [1.82, 2.24) is 0 Å². The summed E-state index contributed by atoms with van der Waals surface area (Å²) in [6.07, 6.45) is 0. The highest BCUT2D eigenvalue weighted by atomic mass is 127. The van der Waals surface area contributed by atoms with Crippen molar-refractivity contribution in [3.8, 4) is 5.75 Å². The molecule has 2 rings (SSSR count). The molecule has 0 fully saturated rings. The molecular formula is C15H12BrClFIO. The van der Waals surface area contributed by atoms with E-state index in [0.717, 1.165) is 30.5 Å². The normalized spacial score (nSPS) is 12.3. The third-order valence-corrected chi connectivity index (χ3v) is 5.28. The molecule has 0 bridgehead atoms. The number of alkyl halides is 1. The summed E-state index contributed by atoms with van der Waals surface area (Å²) in [5, 5.41) is -0.394. The Bertz CT molecular complexity index is 648. The predicted octanol–water partition coefficient (Wildman–Crippen LogP) is 5.84. The van der Waals surface area contributed by atoms with Crippen molar-refractivity contribution >= 4 is 50.1 Å². The predicted molar refractivity (Wildman–Crippen MR) is 92.2 cm³/mol. The Morgan fingerprint density at radius 1 is 1.25 bits per heavy atom. The van der Waals surface area contributed by atoms with Crippen molar-refractivity contribution in [1.29, 1.82) is 0 Å². The van der Waals surface area contributed by atoms with Crippen LogP contribution in [-0.4, -0.2) is 7.11 Å². The van der Waals surface area contributed by atoms with E-state index in [9.17, 15) is 4.39 Å². The molecule has 0 heterocycles. The number of methoxy groups -OCH3 is 1. The van der Waals surface area contributed by atoms with Crippen molar-refractivity contribution in [2.24, 2.45) is 0 Å². The van der Waals surface area contributed by atoms with Gasteiger partial charge in [-0.2, -0.15) is 0 Å². The average Bonchev–Trinajstić information content (AvgIpc) is 2.40. The molecule has 2 aromatic rings. The van der Waals surface area contributed by atoms with Gasteiger partial charge in [0.1, 0.15) is 11.6 Å². The Morgan fingerprint density at radius 2 is 1.95 bits per heavy atom. The largest absolute Gasteiger partial charge is 0.496 e. The van der Waals surface area contributed by atoms with Crippen LogP contribution in [0.1, 0.15) is 22.1 Å². The lowest BCUT2D eigenvalue weighted by atomic mass is 10.0. The summed E-state index contributed by atoms with van der Waals surface area (Å²) in [7, 11) is 1.62. The summed E-state index contributed by atoms with van der Waals surface area (Å²) in [6, 6.07) is 8.49. The quantitative estimate of drug-likeness (QED) is 0.406. The molecule has 0 aliphatic rings. The average molecular weight is 470 g/mol. The minimum absolute atomic E-state index is 0.265. The highest BCUT2D eigenvalue weighted by molar-refractivity contribution is 14.1. The maximum atomic E-state index is 13.2. The van der Waals surface area contributed by atoms with Gasteiger partial charge >= 0.3 is 0 Å². The van der Waals surface area contributed by atoms with E-state index in [1.165, 1.54) is 12.1 Å². The first-order valence-electron chi connectivity index (χ1n) is 5.87. The molecule has 2 aromatic carbocycles. The van der Waals surface area contributed by atoms with E-state index < -0.39 is 5.38 Å². The van der Waals surface area contributed by atoms with E-state index in [0.29, 0.717) is 0 Å². The van der Waals surface area contributed by atoms with Gasteiger partial charge in [-0.3, -0.25) is 0 Å². The van der Waals surface area contributed by atoms with Crippen molar-refractivity contribution in [2.75, 3.05) is 7.11 Å². The second-order valence-electron chi connectivity index (χ2n) is 4.37. The number of hydrogen-bond acceptors (Lipinski definition) is 1. The molecule has 5 heteroatoms. The van der Waals surface area contributed by atoms with Gasteiger partial charge in [0.05, 0.1) is 12.5 Å². The van der Waals surface area contributed by atoms with E-state index >= 15 is 0 Å². The number of benzene rings is 2. The molecule has 0 aliphatic carbocycles. The SMILES string of the molecule is COc1cc(C)c(Br)cc1C(Cl)c1ccc(F)cc1I. The summed E-state index contributed by atoms with van der Waals surface area (Å²) in [6.45, 7) is 1.99. The zero-order chi connectivity index (χ0) is 14.9. The van der Waals surface area contributed by atoms with Gasteiger partial charge in [-0.05, 0) is 64.9 Å². The smallest absolute Gasteiger partial charge is 0.124 e. The van der Waals surface area contributed by atoms with Crippen LogP contribution >= 0.6 is 50.1 Å². The summed E-state index contributed by atoms with van der Waals surface area (Å²) in [4.78, 5) is 0. The van der Waals surface area contributed by atoms with E-state index in [-0.39, 0.29) is 5.82 Å². The maximum absolute atomic E-state index is 13.2. The molecule has 1 nitrogen and oxygen atoms in total. The Kier molecular flexibility index (Phi) is 5.31. The van der Waals surface area contributed by atoms with Crippen LogP contribution in [0, 0.1) is 16.3 Å². The molecule has 106 valence electrons.